The van der Waals surface area contributed by atoms with Crippen molar-refractivity contribution >= 4 is 35.1 Å². The highest BCUT2D eigenvalue weighted by Gasteiger charge is 2.38. The maximum atomic E-state index is 13.3. The number of hydrogen-bond acceptors (Lipinski definition) is 10. The molecule has 0 saturated carbocycles. The fraction of sp³-hybridized carbons (Fsp3) is 0.533. The van der Waals surface area contributed by atoms with Gasteiger partial charge in [0, 0.05) is 12.1 Å². The molecule has 2 atom stereocenters. The van der Waals surface area contributed by atoms with Crippen molar-refractivity contribution in [2.24, 2.45) is 11.8 Å². The predicted octanol–water partition coefficient (Wildman–Crippen LogP) is 1.63. The standard InChI is InChI=1S/C30H44N6O8/c1-17(2)21(25(37)33-29(5,6)27(39)43-9)31-19-13-11-15-35(41)23(19)24-20(14-12-16-36(24)42)32-22(18(3)4)26(38)34-30(7,8)28(40)44-10/h11-18,21-22,31-32H,1-10H3,(H,33,37)(H,34,38)/t21-,22-/m0/s1. The van der Waals surface area contributed by atoms with Crippen LogP contribution in [0.5, 0.6) is 0 Å². The molecule has 44 heavy (non-hydrogen) atoms. The summed E-state index contributed by atoms with van der Waals surface area (Å²) in [6.45, 7) is 13.1. The first-order chi connectivity index (χ1) is 20.4. The molecule has 2 aromatic rings. The number of rotatable bonds is 13. The van der Waals surface area contributed by atoms with E-state index in [2.05, 4.69) is 21.3 Å². The number of ether oxygens (including phenoxy) is 2. The summed E-state index contributed by atoms with van der Waals surface area (Å²) in [5.41, 5.74) is -2.58. The molecule has 0 radical (unpaired) electrons. The second-order valence-corrected chi connectivity index (χ2v) is 12.1. The number of nitrogens with one attached hydrogen (secondary N) is 4. The minimum Gasteiger partial charge on any atom is -0.618 e. The normalized spacial score (nSPS) is 13.1. The molecule has 14 nitrogen and oxygen atoms in total. The molecule has 0 spiro atoms. The fourth-order valence-corrected chi connectivity index (χ4v) is 4.46. The summed E-state index contributed by atoms with van der Waals surface area (Å²) >= 11 is 0. The molecule has 0 bridgehead atoms. The molecule has 0 aliphatic heterocycles. The summed E-state index contributed by atoms with van der Waals surface area (Å²) in [5, 5.41) is 38.0. The zero-order chi connectivity index (χ0) is 33.6. The van der Waals surface area contributed by atoms with E-state index in [0.29, 0.717) is 9.46 Å². The topological polar surface area (TPSA) is 189 Å². The zero-order valence-corrected chi connectivity index (χ0v) is 26.9. The number of hydrogen-bond donors (Lipinski definition) is 4. The summed E-state index contributed by atoms with van der Waals surface area (Å²) in [6, 6.07) is 4.12. The van der Waals surface area contributed by atoms with Crippen molar-refractivity contribution in [1.82, 2.24) is 10.6 Å². The fourth-order valence-electron chi connectivity index (χ4n) is 4.46. The number of amides is 2. The Hall–Kier alpha value is -4.62. The number of esters is 2. The van der Waals surface area contributed by atoms with Crippen LogP contribution in [0.1, 0.15) is 55.4 Å². The monoisotopic (exact) mass is 616 g/mol. The molecule has 2 rings (SSSR count). The average Bonchev–Trinajstić information content (AvgIpc) is 2.93. The Balaban J connectivity index is 2.58. The van der Waals surface area contributed by atoms with Gasteiger partial charge in [0.05, 0.1) is 14.2 Å². The van der Waals surface area contributed by atoms with E-state index < -0.39 is 46.9 Å². The van der Waals surface area contributed by atoms with Crippen LogP contribution < -0.4 is 30.7 Å². The van der Waals surface area contributed by atoms with Crippen LogP contribution in [0.4, 0.5) is 11.4 Å². The van der Waals surface area contributed by atoms with Gasteiger partial charge in [0.15, 0.2) is 12.4 Å². The molecule has 2 amide bonds. The van der Waals surface area contributed by atoms with Crippen LogP contribution in [0.25, 0.3) is 11.4 Å². The molecule has 0 saturated heterocycles. The van der Waals surface area contributed by atoms with Gasteiger partial charge in [0.2, 0.25) is 11.8 Å². The Bertz CT molecular complexity index is 1270. The van der Waals surface area contributed by atoms with Crippen LogP contribution in [0.15, 0.2) is 36.7 Å². The van der Waals surface area contributed by atoms with Gasteiger partial charge >= 0.3 is 23.3 Å². The first-order valence-corrected chi connectivity index (χ1v) is 14.2. The molecule has 4 N–H and O–H groups in total. The number of methoxy groups -OCH3 is 2. The van der Waals surface area contributed by atoms with Gasteiger partial charge in [-0.2, -0.15) is 9.46 Å². The minimum absolute atomic E-state index is 0.117. The molecule has 0 unspecified atom stereocenters. The number of nitrogens with zero attached hydrogens (tertiary/aromatic N) is 2. The minimum atomic E-state index is -1.33. The summed E-state index contributed by atoms with van der Waals surface area (Å²) in [6.07, 6.45) is 2.40. The van der Waals surface area contributed by atoms with E-state index in [1.165, 1.54) is 66.4 Å². The molecule has 0 aromatic carbocycles. The number of aromatic nitrogens is 2. The predicted molar refractivity (Wildman–Crippen MR) is 163 cm³/mol. The Morgan fingerprint density at radius 2 is 1.00 bits per heavy atom. The third-order valence-corrected chi connectivity index (χ3v) is 6.93. The largest absolute Gasteiger partial charge is 0.618 e. The van der Waals surface area contributed by atoms with Gasteiger partial charge in [-0.3, -0.25) is 9.59 Å². The number of carbonyl (C=O) groups excluding carboxylic acids is 4. The lowest BCUT2D eigenvalue weighted by molar-refractivity contribution is -0.624. The quantitative estimate of drug-likeness (QED) is 0.146. The molecule has 242 valence electrons. The van der Waals surface area contributed by atoms with Crippen LogP contribution >= 0.6 is 0 Å². The van der Waals surface area contributed by atoms with Gasteiger partial charge < -0.3 is 41.2 Å². The first kappa shape index (κ1) is 35.6. The Morgan fingerprint density at radius 1 is 0.682 bits per heavy atom. The maximum absolute atomic E-state index is 13.3. The number of anilines is 2. The van der Waals surface area contributed by atoms with Gasteiger partial charge in [-0.1, -0.05) is 27.7 Å². The van der Waals surface area contributed by atoms with Gasteiger partial charge in [0.25, 0.3) is 0 Å². The van der Waals surface area contributed by atoms with Crippen LogP contribution in [-0.2, 0) is 28.7 Å². The molecule has 2 heterocycles. The van der Waals surface area contributed by atoms with Gasteiger partial charge in [-0.15, -0.1) is 0 Å². The second-order valence-electron chi connectivity index (χ2n) is 12.1. The van der Waals surface area contributed by atoms with Crippen molar-refractivity contribution in [3.8, 4) is 11.4 Å². The van der Waals surface area contributed by atoms with E-state index in [0.717, 1.165) is 0 Å². The van der Waals surface area contributed by atoms with Crippen molar-refractivity contribution < 1.29 is 38.1 Å². The molecule has 0 aliphatic rings. The first-order valence-electron chi connectivity index (χ1n) is 14.2. The van der Waals surface area contributed by atoms with E-state index >= 15 is 0 Å². The van der Waals surface area contributed by atoms with Crippen molar-refractivity contribution in [1.29, 1.82) is 0 Å². The summed E-state index contributed by atoms with van der Waals surface area (Å²) in [4.78, 5) is 51.1. The lowest BCUT2D eigenvalue weighted by atomic mass is 9.98. The Kier molecular flexibility index (Phi) is 11.5. The van der Waals surface area contributed by atoms with Crippen LogP contribution in [0.2, 0.25) is 0 Å². The molecular weight excluding hydrogens is 572 g/mol. The number of pyridine rings is 2. The highest BCUT2D eigenvalue weighted by atomic mass is 16.5. The maximum Gasteiger partial charge on any atom is 0.330 e. The van der Waals surface area contributed by atoms with Crippen molar-refractivity contribution in [3.63, 3.8) is 0 Å². The highest BCUT2D eigenvalue weighted by Crippen LogP contribution is 2.30. The lowest BCUT2D eigenvalue weighted by Gasteiger charge is -2.29. The Labute approximate surface area is 257 Å². The van der Waals surface area contributed by atoms with Gasteiger partial charge in [-0.25, -0.2) is 9.59 Å². The molecule has 2 aromatic heterocycles. The van der Waals surface area contributed by atoms with E-state index in [1.807, 2.05) is 0 Å². The van der Waals surface area contributed by atoms with Gasteiger partial charge in [-0.05, 0) is 51.7 Å². The molecular formula is C30H44N6O8. The summed E-state index contributed by atoms with van der Waals surface area (Å²) in [5.74, 6) is -3.00. The van der Waals surface area contributed by atoms with Crippen molar-refractivity contribution in [3.05, 3.63) is 47.1 Å². The van der Waals surface area contributed by atoms with Crippen LogP contribution in [-0.4, -0.2) is 61.1 Å². The SMILES string of the molecule is COC(=O)C(C)(C)NC(=O)[C@@H](Nc1ccc[n+]([O-])c1-c1c(N[C@H](C(=O)NC(C)(C)C(=O)OC)C(C)C)ccc[n+]1[O-])C(C)C. The molecule has 0 aliphatic carbocycles. The average molecular weight is 617 g/mol. The summed E-state index contributed by atoms with van der Waals surface area (Å²) < 4.78 is 10.5. The molecule has 14 heteroatoms. The van der Waals surface area contributed by atoms with Crippen molar-refractivity contribution in [2.45, 2.75) is 78.6 Å². The van der Waals surface area contributed by atoms with Crippen LogP contribution in [0, 0.1) is 22.3 Å². The van der Waals surface area contributed by atoms with Gasteiger partial charge in [0.1, 0.15) is 34.5 Å². The van der Waals surface area contributed by atoms with Crippen LogP contribution in [0.3, 0.4) is 0 Å². The van der Waals surface area contributed by atoms with E-state index in [4.69, 9.17) is 9.47 Å². The second kappa shape index (κ2) is 14.2. The third kappa shape index (κ3) is 8.26. The number of carbonyl (C=O) groups is 4. The highest BCUT2D eigenvalue weighted by molar-refractivity contribution is 5.93. The molecule has 0 fully saturated rings. The van der Waals surface area contributed by atoms with Crippen molar-refractivity contribution in [2.75, 3.05) is 24.9 Å². The zero-order valence-electron chi connectivity index (χ0n) is 26.9. The van der Waals surface area contributed by atoms with E-state index in [-0.39, 0.29) is 34.6 Å². The van der Waals surface area contributed by atoms with E-state index in [9.17, 15) is 29.6 Å². The lowest BCUT2D eigenvalue weighted by Crippen LogP contribution is -2.56. The Morgan fingerprint density at radius 3 is 1.27 bits per heavy atom. The summed E-state index contributed by atoms with van der Waals surface area (Å²) in [7, 11) is 2.43. The smallest absolute Gasteiger partial charge is 0.330 e. The van der Waals surface area contributed by atoms with E-state index in [1.54, 1.807) is 39.8 Å². The third-order valence-electron chi connectivity index (χ3n) is 6.93.